The van der Waals surface area contributed by atoms with Gasteiger partial charge in [0.05, 0.1) is 25.0 Å². The molecular formula is C21H25F2N5O2S. The summed E-state index contributed by atoms with van der Waals surface area (Å²) >= 11 is 0. The molecule has 0 heterocycles. The second-order valence-corrected chi connectivity index (χ2v) is 9.82. The highest BCUT2D eigenvalue weighted by Crippen LogP contribution is 2.24. The molecule has 0 saturated heterocycles. The second kappa shape index (κ2) is 9.31. The van der Waals surface area contributed by atoms with E-state index in [4.69, 9.17) is 5.73 Å². The molecule has 0 atom stereocenters. The molecule has 10 heteroatoms. The minimum absolute atomic E-state index is 0.0113. The molecule has 0 spiro atoms. The Morgan fingerprint density at radius 1 is 1.19 bits per heavy atom. The van der Waals surface area contributed by atoms with Gasteiger partial charge in [0.1, 0.15) is 5.82 Å². The van der Waals surface area contributed by atoms with E-state index >= 15 is 0 Å². The quantitative estimate of drug-likeness (QED) is 0.304. The van der Waals surface area contributed by atoms with Gasteiger partial charge in [-0.1, -0.05) is 45.0 Å². The van der Waals surface area contributed by atoms with Gasteiger partial charge in [-0.25, -0.2) is 27.1 Å². The van der Waals surface area contributed by atoms with Gasteiger partial charge in [-0.3, -0.25) is 4.72 Å². The Morgan fingerprint density at radius 2 is 1.81 bits per heavy atom. The number of nitrogens with two attached hydrogens (primary N) is 1. The van der Waals surface area contributed by atoms with Crippen LogP contribution in [0.4, 0.5) is 14.5 Å². The fourth-order valence-electron chi connectivity index (χ4n) is 2.73. The number of nitriles is 1. The number of benzene rings is 2. The van der Waals surface area contributed by atoms with Gasteiger partial charge in [0.15, 0.2) is 12.0 Å². The van der Waals surface area contributed by atoms with Crippen LogP contribution in [0.2, 0.25) is 0 Å². The summed E-state index contributed by atoms with van der Waals surface area (Å²) < 4.78 is 53.2. The smallest absolute Gasteiger partial charge is 0.229 e. The number of rotatable bonds is 6. The molecule has 0 fully saturated rings. The molecule has 0 bridgehead atoms. The van der Waals surface area contributed by atoms with Crippen molar-refractivity contribution in [3.63, 3.8) is 0 Å². The third-order valence-electron chi connectivity index (χ3n) is 4.44. The standard InChI is InChI=1S/C21H25F2N5O2S/c1-21(2,3)15-7-5-14(6-8-15)12-28(13-24)20(25)26-11-16-17(22)9-10-18(19(16)23)27-31(4,29)30/h5-10,27H,11-12H2,1-4H3,(H2,25,26). The first kappa shape index (κ1) is 24.1. The van der Waals surface area contributed by atoms with E-state index in [2.05, 4.69) is 25.8 Å². The number of anilines is 1. The molecule has 2 aromatic rings. The molecular weight excluding hydrogens is 424 g/mol. The number of hydrogen-bond acceptors (Lipinski definition) is 4. The third-order valence-corrected chi connectivity index (χ3v) is 5.03. The molecule has 0 aliphatic heterocycles. The lowest BCUT2D eigenvalue weighted by Crippen LogP contribution is -2.33. The lowest BCUT2D eigenvalue weighted by Gasteiger charge is -2.20. The topological polar surface area (TPSA) is 112 Å². The zero-order valence-corrected chi connectivity index (χ0v) is 18.6. The molecule has 0 radical (unpaired) electrons. The number of halogens is 2. The summed E-state index contributed by atoms with van der Waals surface area (Å²) in [7, 11) is -3.75. The van der Waals surface area contributed by atoms with Crippen molar-refractivity contribution in [3.8, 4) is 6.19 Å². The van der Waals surface area contributed by atoms with Crippen molar-refractivity contribution in [2.24, 2.45) is 10.7 Å². The fraction of sp³-hybridized carbons (Fsp3) is 0.333. The number of sulfonamides is 1. The minimum atomic E-state index is -3.75. The van der Waals surface area contributed by atoms with Gasteiger partial charge in [0.25, 0.3) is 0 Å². The van der Waals surface area contributed by atoms with Gasteiger partial charge in [-0.2, -0.15) is 5.26 Å². The molecule has 0 aliphatic rings. The predicted octanol–water partition coefficient (Wildman–Crippen LogP) is 3.43. The van der Waals surface area contributed by atoms with Crippen LogP contribution in [0.5, 0.6) is 0 Å². The summed E-state index contributed by atoms with van der Waals surface area (Å²) in [5.41, 5.74) is 6.92. The maximum atomic E-state index is 14.5. The van der Waals surface area contributed by atoms with Crippen molar-refractivity contribution in [1.82, 2.24) is 4.90 Å². The average Bonchev–Trinajstić information content (AvgIpc) is 2.67. The zero-order valence-electron chi connectivity index (χ0n) is 17.8. The van der Waals surface area contributed by atoms with Crippen molar-refractivity contribution in [3.05, 3.63) is 64.7 Å². The van der Waals surface area contributed by atoms with Crippen LogP contribution in [0.3, 0.4) is 0 Å². The molecule has 2 aromatic carbocycles. The van der Waals surface area contributed by atoms with Gasteiger partial charge >= 0.3 is 0 Å². The van der Waals surface area contributed by atoms with Gasteiger partial charge in [0, 0.05) is 5.56 Å². The Labute approximate surface area is 181 Å². The summed E-state index contributed by atoms with van der Waals surface area (Å²) in [6.45, 7) is 5.90. The highest BCUT2D eigenvalue weighted by Gasteiger charge is 2.17. The maximum Gasteiger partial charge on any atom is 0.229 e. The monoisotopic (exact) mass is 449 g/mol. The van der Waals surface area contributed by atoms with Crippen LogP contribution in [0, 0.1) is 23.1 Å². The lowest BCUT2D eigenvalue weighted by molar-refractivity contribution is 0.546. The summed E-state index contributed by atoms with van der Waals surface area (Å²) in [6.07, 6.45) is 2.75. The van der Waals surface area contributed by atoms with Crippen molar-refractivity contribution in [2.75, 3.05) is 11.0 Å². The van der Waals surface area contributed by atoms with Crippen molar-refractivity contribution in [1.29, 1.82) is 5.26 Å². The van der Waals surface area contributed by atoms with Crippen molar-refractivity contribution in [2.45, 2.75) is 39.3 Å². The molecule has 3 N–H and O–H groups in total. The van der Waals surface area contributed by atoms with Crippen LogP contribution >= 0.6 is 0 Å². The molecule has 0 aliphatic carbocycles. The zero-order chi connectivity index (χ0) is 23.4. The van der Waals surface area contributed by atoms with Crippen LogP contribution in [0.25, 0.3) is 0 Å². The van der Waals surface area contributed by atoms with E-state index in [9.17, 15) is 22.5 Å². The van der Waals surface area contributed by atoms with E-state index in [0.29, 0.717) is 0 Å². The number of nitrogens with one attached hydrogen (secondary N) is 1. The Balaban J connectivity index is 2.20. The largest absolute Gasteiger partial charge is 0.369 e. The molecule has 0 saturated carbocycles. The van der Waals surface area contributed by atoms with Crippen LogP contribution in [0.15, 0.2) is 41.4 Å². The molecule has 0 amide bonds. The van der Waals surface area contributed by atoms with Gasteiger partial charge in [0.2, 0.25) is 16.0 Å². The summed E-state index contributed by atoms with van der Waals surface area (Å²) in [6, 6.07) is 9.57. The van der Waals surface area contributed by atoms with Crippen LogP contribution in [0.1, 0.15) is 37.5 Å². The SMILES string of the molecule is CC(C)(C)c1ccc(CN(C#N)C(N)=NCc2c(F)ccc(NS(C)(=O)=O)c2F)cc1. The number of nitrogens with zero attached hydrogens (tertiary/aromatic N) is 3. The highest BCUT2D eigenvalue weighted by atomic mass is 32.2. The molecule has 31 heavy (non-hydrogen) atoms. The van der Waals surface area contributed by atoms with E-state index in [1.165, 1.54) is 0 Å². The van der Waals surface area contributed by atoms with E-state index in [1.807, 2.05) is 35.2 Å². The first-order chi connectivity index (χ1) is 14.3. The van der Waals surface area contributed by atoms with E-state index in [-0.39, 0.29) is 17.9 Å². The lowest BCUT2D eigenvalue weighted by atomic mass is 9.87. The number of guanidine groups is 1. The molecule has 0 unspecified atom stereocenters. The number of aliphatic imine (C=N–C) groups is 1. The van der Waals surface area contributed by atoms with E-state index in [1.54, 1.807) is 0 Å². The van der Waals surface area contributed by atoms with Gasteiger partial charge in [-0.15, -0.1) is 0 Å². The minimum Gasteiger partial charge on any atom is -0.369 e. The Hall–Kier alpha value is -3.19. The van der Waals surface area contributed by atoms with Crippen LogP contribution in [-0.2, 0) is 28.5 Å². The first-order valence-electron chi connectivity index (χ1n) is 9.33. The normalized spacial score (nSPS) is 12.4. The summed E-state index contributed by atoms with van der Waals surface area (Å²) in [5, 5.41) is 9.41. The third kappa shape index (κ3) is 6.65. The van der Waals surface area contributed by atoms with Gasteiger partial charge in [-0.05, 0) is 28.7 Å². The molecule has 166 valence electrons. The van der Waals surface area contributed by atoms with Gasteiger partial charge < -0.3 is 5.73 Å². The Morgan fingerprint density at radius 3 is 2.32 bits per heavy atom. The van der Waals surface area contributed by atoms with E-state index < -0.39 is 39.5 Å². The number of hydrogen-bond donors (Lipinski definition) is 2. The Bertz CT molecular complexity index is 1120. The first-order valence-corrected chi connectivity index (χ1v) is 11.2. The molecule has 7 nitrogen and oxygen atoms in total. The summed E-state index contributed by atoms with van der Waals surface area (Å²) in [4.78, 5) is 5.02. The highest BCUT2D eigenvalue weighted by molar-refractivity contribution is 7.92. The Kier molecular flexibility index (Phi) is 7.23. The van der Waals surface area contributed by atoms with Crippen molar-refractivity contribution >= 4 is 21.7 Å². The average molecular weight is 450 g/mol. The van der Waals surface area contributed by atoms with Crippen molar-refractivity contribution < 1.29 is 17.2 Å². The maximum absolute atomic E-state index is 14.5. The summed E-state index contributed by atoms with van der Waals surface area (Å²) in [5.74, 6) is -2.22. The fourth-order valence-corrected chi connectivity index (χ4v) is 3.28. The molecule has 0 aromatic heterocycles. The second-order valence-electron chi connectivity index (χ2n) is 8.07. The molecule has 2 rings (SSSR count). The van der Waals surface area contributed by atoms with Crippen LogP contribution in [-0.4, -0.2) is 25.5 Å². The van der Waals surface area contributed by atoms with Crippen LogP contribution < -0.4 is 10.5 Å². The predicted molar refractivity (Wildman–Crippen MR) is 116 cm³/mol. The van der Waals surface area contributed by atoms with E-state index in [0.717, 1.165) is 34.4 Å².